The zero-order chi connectivity index (χ0) is 21.4. The monoisotopic (exact) mass is 421 g/mol. The molecule has 1 rings (SSSR count). The highest BCUT2D eigenvalue weighted by Crippen LogP contribution is 2.31. The van der Waals surface area contributed by atoms with Crippen LogP contribution in [-0.2, 0) is 28.6 Å². The van der Waals surface area contributed by atoms with Gasteiger partial charge in [-0.1, -0.05) is 0 Å². The molecule has 1 aliphatic heterocycles. The number of aliphatic hydroxyl groups excluding tert-OH is 1. The molecule has 1 fully saturated rings. The molecule has 10 nitrogen and oxygen atoms in total. The molecule has 0 bridgehead atoms. The standard InChI is InChI=1S/C17H31N3O7S/c1-18(2)7-12(21)25-11-10-28-17(24)16(27-14(23)9-20(5)6)15(11)26-13(22)8-19(3)4/h11,15-17,24H,7-10H2,1-6H3/t11-,15+,16-,17-/m1/s1. The van der Waals surface area contributed by atoms with Crippen LogP contribution in [0, 0.1) is 0 Å². The third kappa shape index (κ3) is 8.74. The van der Waals surface area contributed by atoms with E-state index in [4.69, 9.17) is 14.2 Å². The van der Waals surface area contributed by atoms with E-state index in [1.165, 1.54) is 0 Å². The van der Waals surface area contributed by atoms with Crippen molar-refractivity contribution in [3.05, 3.63) is 0 Å². The molecule has 0 aromatic carbocycles. The molecule has 0 aromatic heterocycles. The van der Waals surface area contributed by atoms with E-state index in [2.05, 4.69) is 0 Å². The van der Waals surface area contributed by atoms with E-state index in [1.807, 2.05) is 0 Å². The third-order valence-electron chi connectivity index (χ3n) is 3.56. The first-order valence-electron chi connectivity index (χ1n) is 8.82. The van der Waals surface area contributed by atoms with Crippen molar-refractivity contribution in [2.45, 2.75) is 23.7 Å². The summed E-state index contributed by atoms with van der Waals surface area (Å²) in [5, 5.41) is 10.3. The summed E-state index contributed by atoms with van der Waals surface area (Å²) in [5.41, 5.74) is -1.10. The molecule has 1 aliphatic rings. The average molecular weight is 422 g/mol. The fraction of sp³-hybridized carbons (Fsp3) is 0.824. The fourth-order valence-corrected chi connectivity index (χ4v) is 3.53. The van der Waals surface area contributed by atoms with Crippen molar-refractivity contribution in [3.63, 3.8) is 0 Å². The molecule has 0 aromatic rings. The van der Waals surface area contributed by atoms with E-state index >= 15 is 0 Å². The number of ether oxygens (including phenoxy) is 3. The van der Waals surface area contributed by atoms with Gasteiger partial charge >= 0.3 is 17.9 Å². The van der Waals surface area contributed by atoms with E-state index in [-0.39, 0.29) is 25.4 Å². The lowest BCUT2D eigenvalue weighted by molar-refractivity contribution is -0.191. The largest absolute Gasteiger partial charge is 0.456 e. The van der Waals surface area contributed by atoms with Gasteiger partial charge < -0.3 is 19.3 Å². The fourth-order valence-electron chi connectivity index (χ4n) is 2.49. The predicted molar refractivity (Wildman–Crippen MR) is 104 cm³/mol. The molecule has 0 spiro atoms. The predicted octanol–water partition coefficient (Wildman–Crippen LogP) is -1.53. The van der Waals surface area contributed by atoms with Crippen LogP contribution in [0.2, 0.25) is 0 Å². The van der Waals surface area contributed by atoms with Crippen molar-refractivity contribution in [1.82, 2.24) is 14.7 Å². The minimum atomic E-state index is -1.14. The number of rotatable bonds is 9. The van der Waals surface area contributed by atoms with E-state index in [0.29, 0.717) is 0 Å². The number of hydrogen-bond acceptors (Lipinski definition) is 11. The van der Waals surface area contributed by atoms with Crippen LogP contribution in [0.4, 0.5) is 0 Å². The molecule has 0 saturated carbocycles. The molecule has 4 atom stereocenters. The van der Waals surface area contributed by atoms with Crippen LogP contribution >= 0.6 is 11.8 Å². The Hall–Kier alpha value is -1.40. The molecule has 0 radical (unpaired) electrons. The van der Waals surface area contributed by atoms with Gasteiger partial charge in [-0.05, 0) is 42.3 Å². The minimum absolute atomic E-state index is 0.00264. The van der Waals surface area contributed by atoms with Crippen LogP contribution in [0.25, 0.3) is 0 Å². The van der Waals surface area contributed by atoms with Gasteiger partial charge in [0.05, 0.1) is 19.6 Å². The molecule has 11 heteroatoms. The number of likely N-dealkylation sites (N-methyl/N-ethyl adjacent to an activating group) is 3. The van der Waals surface area contributed by atoms with Crippen molar-refractivity contribution < 1.29 is 33.7 Å². The quantitative estimate of drug-likeness (QED) is 0.346. The van der Waals surface area contributed by atoms with Gasteiger partial charge in [0.1, 0.15) is 5.44 Å². The van der Waals surface area contributed by atoms with Crippen molar-refractivity contribution in [2.75, 3.05) is 67.7 Å². The topological polar surface area (TPSA) is 109 Å². The number of nitrogens with zero attached hydrogens (tertiary/aromatic N) is 3. The Bertz CT molecular complexity index is 545. The molecule has 28 heavy (non-hydrogen) atoms. The summed E-state index contributed by atoms with van der Waals surface area (Å²) in [7, 11) is 10.3. The molecule has 1 saturated heterocycles. The zero-order valence-corrected chi connectivity index (χ0v) is 18.1. The molecule has 0 amide bonds. The van der Waals surface area contributed by atoms with Gasteiger partial charge in [0.2, 0.25) is 0 Å². The van der Waals surface area contributed by atoms with Crippen LogP contribution in [0.1, 0.15) is 0 Å². The van der Waals surface area contributed by atoms with Crippen LogP contribution in [0.3, 0.4) is 0 Å². The Morgan fingerprint density at radius 2 is 1.18 bits per heavy atom. The number of carbonyl (C=O) groups excluding carboxylic acids is 3. The van der Waals surface area contributed by atoms with Gasteiger partial charge in [-0.15, -0.1) is 11.8 Å². The number of aliphatic hydroxyl groups is 1. The van der Waals surface area contributed by atoms with E-state index < -0.39 is 41.7 Å². The third-order valence-corrected chi connectivity index (χ3v) is 4.69. The Kier molecular flexibility index (Phi) is 10.2. The van der Waals surface area contributed by atoms with Crippen molar-refractivity contribution in [3.8, 4) is 0 Å². The maximum absolute atomic E-state index is 12.2. The molecule has 162 valence electrons. The van der Waals surface area contributed by atoms with Crippen molar-refractivity contribution in [1.29, 1.82) is 0 Å². The zero-order valence-electron chi connectivity index (χ0n) is 17.3. The normalized spacial score (nSPS) is 25.1. The second-order valence-corrected chi connectivity index (χ2v) is 8.52. The van der Waals surface area contributed by atoms with E-state index in [1.54, 1.807) is 57.0 Å². The Labute approximate surface area is 170 Å². The Balaban J connectivity index is 2.97. The van der Waals surface area contributed by atoms with E-state index in [9.17, 15) is 19.5 Å². The van der Waals surface area contributed by atoms with Crippen LogP contribution in [0.5, 0.6) is 0 Å². The second-order valence-electron chi connectivity index (χ2n) is 7.37. The van der Waals surface area contributed by atoms with Gasteiger partial charge in [-0.2, -0.15) is 0 Å². The molecular weight excluding hydrogens is 390 g/mol. The molecule has 1 heterocycles. The van der Waals surface area contributed by atoms with Crippen molar-refractivity contribution >= 4 is 29.7 Å². The maximum atomic E-state index is 12.2. The SMILES string of the molecule is CN(C)CC(=O)O[C@@H]1[C@@H](OC(=O)CN(C)C)[C@H](OC(=O)CN(C)C)CS[C@H]1O. The lowest BCUT2D eigenvalue weighted by Crippen LogP contribution is -2.55. The number of carbonyl (C=O) groups is 3. The van der Waals surface area contributed by atoms with Gasteiger partial charge in [0.25, 0.3) is 0 Å². The summed E-state index contributed by atoms with van der Waals surface area (Å²) in [6.45, 7) is 0.0426. The van der Waals surface area contributed by atoms with Crippen LogP contribution in [0.15, 0.2) is 0 Å². The summed E-state index contributed by atoms with van der Waals surface area (Å²) >= 11 is 1.07. The van der Waals surface area contributed by atoms with Gasteiger partial charge in [0.15, 0.2) is 18.3 Å². The first kappa shape index (κ1) is 24.6. The summed E-state index contributed by atoms with van der Waals surface area (Å²) in [5.74, 6) is -1.44. The highest BCUT2D eigenvalue weighted by molar-refractivity contribution is 7.99. The van der Waals surface area contributed by atoms with Crippen molar-refractivity contribution in [2.24, 2.45) is 0 Å². The summed E-state index contributed by atoms with van der Waals surface area (Å²) < 4.78 is 16.3. The highest BCUT2D eigenvalue weighted by atomic mass is 32.2. The molecular formula is C17H31N3O7S. The smallest absolute Gasteiger partial charge is 0.320 e. The molecule has 0 unspecified atom stereocenters. The molecule has 1 N–H and O–H groups in total. The highest BCUT2D eigenvalue weighted by Gasteiger charge is 2.46. The van der Waals surface area contributed by atoms with Gasteiger partial charge in [-0.25, -0.2) is 0 Å². The lowest BCUT2D eigenvalue weighted by Gasteiger charge is -2.39. The Morgan fingerprint density at radius 3 is 1.61 bits per heavy atom. The number of esters is 3. The average Bonchev–Trinajstić information content (AvgIpc) is 2.51. The maximum Gasteiger partial charge on any atom is 0.320 e. The van der Waals surface area contributed by atoms with Crippen LogP contribution < -0.4 is 0 Å². The lowest BCUT2D eigenvalue weighted by atomic mass is 10.1. The minimum Gasteiger partial charge on any atom is -0.456 e. The summed E-state index contributed by atoms with van der Waals surface area (Å²) in [6, 6.07) is 0. The number of thioether (sulfide) groups is 1. The Morgan fingerprint density at radius 1 is 0.786 bits per heavy atom. The molecule has 0 aliphatic carbocycles. The van der Waals surface area contributed by atoms with Crippen LogP contribution in [-0.4, -0.2) is 129 Å². The second kappa shape index (κ2) is 11.6. The summed E-state index contributed by atoms with van der Waals surface area (Å²) in [4.78, 5) is 41.3. The van der Waals surface area contributed by atoms with Gasteiger partial charge in [0, 0.05) is 5.75 Å². The first-order valence-corrected chi connectivity index (χ1v) is 9.86. The van der Waals surface area contributed by atoms with Gasteiger partial charge in [-0.3, -0.25) is 29.1 Å². The first-order chi connectivity index (χ1) is 13.0. The number of hydrogen-bond donors (Lipinski definition) is 1. The van der Waals surface area contributed by atoms with E-state index in [0.717, 1.165) is 11.8 Å². The summed E-state index contributed by atoms with van der Waals surface area (Å²) in [6.07, 6.45) is -3.08.